The normalized spacial score (nSPS) is 18.4. The monoisotopic (exact) mass is 247 g/mol. The molecule has 1 aliphatic rings. The summed E-state index contributed by atoms with van der Waals surface area (Å²) in [6.07, 6.45) is 5.53. The van der Waals surface area contributed by atoms with Crippen molar-refractivity contribution in [3.8, 4) is 5.75 Å². The lowest BCUT2D eigenvalue weighted by atomic mass is 10.0. The first kappa shape index (κ1) is 13.4. The molecular weight excluding hydrogens is 222 g/mol. The Morgan fingerprint density at radius 2 is 2.00 bits per heavy atom. The Bertz CT molecular complexity index is 396. The smallest absolute Gasteiger partial charge is 0.120 e. The standard InChI is InChI=1S/C16H25NO/c1-12-8-9-15(16(18)10-12)13(2)17(3)11-14-6-4-5-7-14/h8-10,13-14,18H,4-7,11H2,1-3H3. The quantitative estimate of drug-likeness (QED) is 0.872. The predicted molar refractivity (Wildman–Crippen MR) is 75.8 cm³/mol. The lowest BCUT2D eigenvalue weighted by Crippen LogP contribution is -2.27. The van der Waals surface area contributed by atoms with E-state index in [0.717, 1.165) is 23.6 Å². The van der Waals surface area contributed by atoms with E-state index in [4.69, 9.17) is 0 Å². The van der Waals surface area contributed by atoms with Gasteiger partial charge in [0, 0.05) is 18.2 Å². The first-order valence-corrected chi connectivity index (χ1v) is 7.07. The van der Waals surface area contributed by atoms with Gasteiger partial charge in [-0.2, -0.15) is 0 Å². The van der Waals surface area contributed by atoms with Crippen molar-refractivity contribution >= 4 is 0 Å². The molecule has 0 radical (unpaired) electrons. The summed E-state index contributed by atoms with van der Waals surface area (Å²) in [6, 6.07) is 6.27. The molecule has 0 bridgehead atoms. The number of rotatable bonds is 4. The Labute approximate surface area is 111 Å². The zero-order chi connectivity index (χ0) is 13.1. The van der Waals surface area contributed by atoms with Crippen molar-refractivity contribution in [1.29, 1.82) is 0 Å². The molecule has 1 aromatic carbocycles. The molecule has 0 aromatic heterocycles. The largest absolute Gasteiger partial charge is 0.508 e. The molecule has 2 heteroatoms. The van der Waals surface area contributed by atoms with Crippen LogP contribution in [0.1, 0.15) is 49.8 Å². The molecule has 0 aliphatic heterocycles. The second-order valence-corrected chi connectivity index (χ2v) is 5.83. The fraction of sp³-hybridized carbons (Fsp3) is 0.625. The SMILES string of the molecule is Cc1ccc(C(C)N(C)CC2CCCC2)c(O)c1. The molecule has 1 aromatic rings. The average molecular weight is 247 g/mol. The Hall–Kier alpha value is -1.02. The molecule has 1 fully saturated rings. The van der Waals surface area contributed by atoms with Crippen molar-refractivity contribution in [3.05, 3.63) is 29.3 Å². The van der Waals surface area contributed by atoms with Crippen LogP contribution in [0.5, 0.6) is 5.75 Å². The zero-order valence-electron chi connectivity index (χ0n) is 11.8. The van der Waals surface area contributed by atoms with E-state index >= 15 is 0 Å². The van der Waals surface area contributed by atoms with Crippen molar-refractivity contribution < 1.29 is 5.11 Å². The zero-order valence-corrected chi connectivity index (χ0v) is 11.8. The highest BCUT2D eigenvalue weighted by Crippen LogP contribution is 2.31. The molecule has 0 saturated heterocycles. The summed E-state index contributed by atoms with van der Waals surface area (Å²) < 4.78 is 0. The van der Waals surface area contributed by atoms with Crippen molar-refractivity contribution in [2.75, 3.05) is 13.6 Å². The van der Waals surface area contributed by atoms with Gasteiger partial charge >= 0.3 is 0 Å². The second-order valence-electron chi connectivity index (χ2n) is 5.83. The Morgan fingerprint density at radius 3 is 2.61 bits per heavy atom. The maximum Gasteiger partial charge on any atom is 0.120 e. The molecule has 1 N–H and O–H groups in total. The van der Waals surface area contributed by atoms with Gasteiger partial charge < -0.3 is 5.11 Å². The number of phenols is 1. The van der Waals surface area contributed by atoms with Gasteiger partial charge in [0.25, 0.3) is 0 Å². The average Bonchev–Trinajstić information content (AvgIpc) is 2.81. The van der Waals surface area contributed by atoms with Gasteiger partial charge in [-0.3, -0.25) is 4.90 Å². The van der Waals surface area contributed by atoms with Crippen LogP contribution in [0.2, 0.25) is 0 Å². The highest BCUT2D eigenvalue weighted by atomic mass is 16.3. The maximum atomic E-state index is 10.0. The third-order valence-corrected chi connectivity index (χ3v) is 4.32. The van der Waals surface area contributed by atoms with Crippen LogP contribution < -0.4 is 0 Å². The van der Waals surface area contributed by atoms with Gasteiger partial charge in [-0.05, 0) is 51.3 Å². The van der Waals surface area contributed by atoms with Crippen LogP contribution in [0.15, 0.2) is 18.2 Å². The number of aromatic hydroxyl groups is 1. The van der Waals surface area contributed by atoms with E-state index in [2.05, 4.69) is 31.0 Å². The van der Waals surface area contributed by atoms with Crippen LogP contribution in [0.4, 0.5) is 0 Å². The van der Waals surface area contributed by atoms with Gasteiger partial charge in [-0.25, -0.2) is 0 Å². The number of aryl methyl sites for hydroxylation is 1. The Morgan fingerprint density at radius 1 is 1.33 bits per heavy atom. The molecule has 2 rings (SSSR count). The summed E-state index contributed by atoms with van der Waals surface area (Å²) in [6.45, 7) is 5.34. The van der Waals surface area contributed by atoms with E-state index in [1.807, 2.05) is 13.0 Å². The summed E-state index contributed by atoms with van der Waals surface area (Å²) in [5.74, 6) is 1.28. The highest BCUT2D eigenvalue weighted by molar-refractivity contribution is 5.37. The highest BCUT2D eigenvalue weighted by Gasteiger charge is 2.21. The Kier molecular flexibility index (Phi) is 4.28. The first-order valence-electron chi connectivity index (χ1n) is 7.07. The van der Waals surface area contributed by atoms with Gasteiger partial charge in [-0.15, -0.1) is 0 Å². The maximum absolute atomic E-state index is 10.0. The predicted octanol–water partition coefficient (Wildman–Crippen LogP) is 3.88. The molecule has 100 valence electrons. The number of benzene rings is 1. The van der Waals surface area contributed by atoms with Crippen LogP contribution in [0.3, 0.4) is 0 Å². The van der Waals surface area contributed by atoms with E-state index in [1.165, 1.54) is 25.7 Å². The minimum Gasteiger partial charge on any atom is -0.508 e. The van der Waals surface area contributed by atoms with E-state index in [1.54, 1.807) is 0 Å². The van der Waals surface area contributed by atoms with Crippen molar-refractivity contribution in [2.45, 2.75) is 45.6 Å². The van der Waals surface area contributed by atoms with Crippen LogP contribution in [0.25, 0.3) is 0 Å². The van der Waals surface area contributed by atoms with Crippen LogP contribution in [-0.4, -0.2) is 23.6 Å². The third-order valence-electron chi connectivity index (χ3n) is 4.32. The van der Waals surface area contributed by atoms with E-state index in [0.29, 0.717) is 5.75 Å². The number of hydrogen-bond donors (Lipinski definition) is 1. The summed E-state index contributed by atoms with van der Waals surface area (Å²) in [5, 5.41) is 10.0. The molecule has 1 unspecified atom stereocenters. The molecule has 1 aliphatic carbocycles. The summed E-state index contributed by atoms with van der Waals surface area (Å²) in [5.41, 5.74) is 2.16. The molecular formula is C16H25NO. The summed E-state index contributed by atoms with van der Waals surface area (Å²) in [7, 11) is 2.17. The van der Waals surface area contributed by atoms with Crippen LogP contribution in [-0.2, 0) is 0 Å². The van der Waals surface area contributed by atoms with Gasteiger partial charge in [-0.1, -0.05) is 25.0 Å². The third kappa shape index (κ3) is 3.05. The molecule has 18 heavy (non-hydrogen) atoms. The minimum atomic E-state index is 0.284. The van der Waals surface area contributed by atoms with E-state index < -0.39 is 0 Å². The molecule has 2 nitrogen and oxygen atoms in total. The fourth-order valence-electron chi connectivity index (χ4n) is 3.00. The first-order chi connectivity index (χ1) is 8.58. The molecule has 0 amide bonds. The molecule has 0 heterocycles. The lowest BCUT2D eigenvalue weighted by Gasteiger charge is -2.28. The van der Waals surface area contributed by atoms with Crippen LogP contribution >= 0.6 is 0 Å². The van der Waals surface area contributed by atoms with Gasteiger partial charge in [0.15, 0.2) is 0 Å². The van der Waals surface area contributed by atoms with E-state index in [9.17, 15) is 5.11 Å². The molecule has 0 spiro atoms. The summed E-state index contributed by atoms with van der Waals surface area (Å²) >= 11 is 0. The number of nitrogens with zero attached hydrogens (tertiary/aromatic N) is 1. The minimum absolute atomic E-state index is 0.284. The van der Waals surface area contributed by atoms with Gasteiger partial charge in [0.05, 0.1) is 0 Å². The van der Waals surface area contributed by atoms with Crippen molar-refractivity contribution in [3.63, 3.8) is 0 Å². The van der Waals surface area contributed by atoms with Gasteiger partial charge in [0.2, 0.25) is 0 Å². The Balaban J connectivity index is 2.02. The number of hydrogen-bond acceptors (Lipinski definition) is 2. The summed E-state index contributed by atoms with van der Waals surface area (Å²) in [4.78, 5) is 2.38. The molecule has 1 atom stereocenters. The van der Waals surface area contributed by atoms with Crippen LogP contribution in [0, 0.1) is 12.8 Å². The molecule has 1 saturated carbocycles. The van der Waals surface area contributed by atoms with E-state index in [-0.39, 0.29) is 6.04 Å². The van der Waals surface area contributed by atoms with Crippen molar-refractivity contribution in [1.82, 2.24) is 4.90 Å². The topological polar surface area (TPSA) is 23.5 Å². The second kappa shape index (κ2) is 5.75. The lowest BCUT2D eigenvalue weighted by molar-refractivity contribution is 0.217. The number of phenolic OH excluding ortho intramolecular Hbond substituents is 1. The fourth-order valence-corrected chi connectivity index (χ4v) is 3.00. The van der Waals surface area contributed by atoms with Crippen molar-refractivity contribution in [2.24, 2.45) is 5.92 Å². The van der Waals surface area contributed by atoms with Gasteiger partial charge in [0.1, 0.15) is 5.75 Å².